The average Bonchev–Trinajstić information content (AvgIpc) is 3.47. The molecule has 0 aliphatic carbocycles. The minimum Gasteiger partial charge on any atom is -0.350 e. The van der Waals surface area contributed by atoms with Gasteiger partial charge in [0, 0.05) is 32.0 Å². The average molecular weight is 409 g/mol. The second-order valence-corrected chi connectivity index (χ2v) is 8.20. The molecule has 1 saturated heterocycles. The fraction of sp³-hybridized carbons (Fsp3) is 0.318. The zero-order valence-corrected chi connectivity index (χ0v) is 17.0. The predicted molar refractivity (Wildman–Crippen MR) is 113 cm³/mol. The number of imidazole rings is 1. The molecule has 1 aromatic carbocycles. The Morgan fingerprint density at radius 2 is 1.97 bits per heavy atom. The van der Waals surface area contributed by atoms with E-state index in [-0.39, 0.29) is 17.9 Å². The predicted octanol–water partition coefficient (Wildman–Crippen LogP) is 3.30. The van der Waals surface area contributed by atoms with Crippen molar-refractivity contribution in [3.8, 4) is 0 Å². The lowest BCUT2D eigenvalue weighted by atomic mass is 10.0. The molecule has 7 heteroatoms. The number of carbonyl (C=O) groups is 2. The van der Waals surface area contributed by atoms with Crippen LogP contribution in [0, 0.1) is 0 Å². The molecule has 2 amide bonds. The summed E-state index contributed by atoms with van der Waals surface area (Å²) in [5, 5.41) is 4.91. The Bertz CT molecular complexity index is 936. The van der Waals surface area contributed by atoms with E-state index in [4.69, 9.17) is 0 Å². The summed E-state index contributed by atoms with van der Waals surface area (Å²) >= 11 is 1.42. The highest BCUT2D eigenvalue weighted by Gasteiger charge is 2.32. The van der Waals surface area contributed by atoms with Crippen molar-refractivity contribution in [2.24, 2.45) is 0 Å². The number of nitrogens with zero attached hydrogens (tertiary/aromatic N) is 3. The van der Waals surface area contributed by atoms with Gasteiger partial charge in [-0.15, -0.1) is 11.3 Å². The van der Waals surface area contributed by atoms with Crippen molar-refractivity contribution < 1.29 is 9.59 Å². The van der Waals surface area contributed by atoms with Gasteiger partial charge in [0.15, 0.2) is 0 Å². The van der Waals surface area contributed by atoms with Crippen LogP contribution in [-0.2, 0) is 17.9 Å². The number of likely N-dealkylation sites (tertiary alicyclic amines) is 1. The van der Waals surface area contributed by atoms with Gasteiger partial charge in [-0.05, 0) is 41.8 Å². The fourth-order valence-electron chi connectivity index (χ4n) is 3.65. The number of rotatable bonds is 6. The SMILES string of the molecule is O=C(NCc1ccc(Cn2ccnc2)cc1)C1CCCCN1C(=O)c1cccs1. The van der Waals surface area contributed by atoms with Gasteiger partial charge in [0.25, 0.3) is 5.91 Å². The molecule has 2 aromatic heterocycles. The van der Waals surface area contributed by atoms with Gasteiger partial charge in [-0.25, -0.2) is 4.98 Å². The standard InChI is InChI=1S/C22H24N4O2S/c27-21(19-4-1-2-11-26(19)22(28)20-5-3-13-29-20)24-14-17-6-8-18(9-7-17)15-25-12-10-23-16-25/h3,5-10,12-13,16,19H,1-2,4,11,14-15H2,(H,24,27). The molecule has 1 aliphatic heterocycles. The molecule has 150 valence electrons. The summed E-state index contributed by atoms with van der Waals surface area (Å²) in [4.78, 5) is 32.1. The molecule has 1 unspecified atom stereocenters. The molecule has 6 nitrogen and oxygen atoms in total. The topological polar surface area (TPSA) is 67.2 Å². The highest BCUT2D eigenvalue weighted by Crippen LogP contribution is 2.22. The van der Waals surface area contributed by atoms with Crippen LogP contribution < -0.4 is 5.32 Å². The first-order valence-electron chi connectivity index (χ1n) is 9.86. The summed E-state index contributed by atoms with van der Waals surface area (Å²) in [5.41, 5.74) is 2.22. The van der Waals surface area contributed by atoms with E-state index in [0.29, 0.717) is 24.4 Å². The van der Waals surface area contributed by atoms with E-state index in [0.717, 1.165) is 24.9 Å². The van der Waals surface area contributed by atoms with Gasteiger partial charge in [0.05, 0.1) is 11.2 Å². The number of hydrogen-bond donors (Lipinski definition) is 1. The van der Waals surface area contributed by atoms with E-state index in [1.165, 1.54) is 16.9 Å². The van der Waals surface area contributed by atoms with Crippen molar-refractivity contribution in [3.05, 3.63) is 76.5 Å². The van der Waals surface area contributed by atoms with Gasteiger partial charge in [-0.2, -0.15) is 0 Å². The molecule has 29 heavy (non-hydrogen) atoms. The number of benzene rings is 1. The summed E-state index contributed by atoms with van der Waals surface area (Å²) in [7, 11) is 0. The highest BCUT2D eigenvalue weighted by atomic mass is 32.1. The van der Waals surface area contributed by atoms with Crippen LogP contribution in [0.2, 0.25) is 0 Å². The molecule has 1 fully saturated rings. The van der Waals surface area contributed by atoms with Crippen molar-refractivity contribution >= 4 is 23.2 Å². The van der Waals surface area contributed by atoms with Crippen LogP contribution in [0.25, 0.3) is 0 Å². The van der Waals surface area contributed by atoms with Crippen molar-refractivity contribution in [3.63, 3.8) is 0 Å². The molecule has 0 radical (unpaired) electrons. The van der Waals surface area contributed by atoms with Crippen LogP contribution in [0.4, 0.5) is 0 Å². The Morgan fingerprint density at radius 3 is 2.69 bits per heavy atom. The Balaban J connectivity index is 1.34. The maximum Gasteiger partial charge on any atom is 0.264 e. The van der Waals surface area contributed by atoms with Crippen LogP contribution >= 0.6 is 11.3 Å². The summed E-state index contributed by atoms with van der Waals surface area (Å²) in [6.07, 6.45) is 8.12. The van der Waals surface area contributed by atoms with Gasteiger partial charge >= 0.3 is 0 Å². The number of nitrogens with one attached hydrogen (secondary N) is 1. The fourth-order valence-corrected chi connectivity index (χ4v) is 4.33. The van der Waals surface area contributed by atoms with Gasteiger partial charge in [-0.3, -0.25) is 9.59 Å². The van der Waals surface area contributed by atoms with Gasteiger partial charge < -0.3 is 14.8 Å². The number of hydrogen-bond acceptors (Lipinski definition) is 4. The Labute approximate surface area is 174 Å². The van der Waals surface area contributed by atoms with Crippen molar-refractivity contribution in [2.75, 3.05) is 6.54 Å². The van der Waals surface area contributed by atoms with E-state index in [2.05, 4.69) is 22.4 Å². The third-order valence-electron chi connectivity index (χ3n) is 5.21. The Morgan fingerprint density at radius 1 is 1.14 bits per heavy atom. The number of piperidine rings is 1. The summed E-state index contributed by atoms with van der Waals surface area (Å²) < 4.78 is 2.01. The van der Waals surface area contributed by atoms with Gasteiger partial charge in [0.1, 0.15) is 6.04 Å². The minimum atomic E-state index is -0.390. The first-order valence-corrected chi connectivity index (χ1v) is 10.7. The number of thiophene rings is 1. The zero-order valence-electron chi connectivity index (χ0n) is 16.2. The molecule has 0 bridgehead atoms. The first-order chi connectivity index (χ1) is 14.2. The quantitative estimate of drug-likeness (QED) is 0.681. The van der Waals surface area contributed by atoms with Crippen LogP contribution in [0.15, 0.2) is 60.5 Å². The second kappa shape index (κ2) is 9.05. The molecule has 1 N–H and O–H groups in total. The van der Waals surface area contributed by atoms with Gasteiger partial charge in [-0.1, -0.05) is 30.3 Å². The van der Waals surface area contributed by atoms with Crippen LogP contribution in [-0.4, -0.2) is 38.9 Å². The molecule has 0 spiro atoms. The van der Waals surface area contributed by atoms with Crippen LogP contribution in [0.3, 0.4) is 0 Å². The maximum absolute atomic E-state index is 12.8. The first kappa shape index (κ1) is 19.4. The largest absolute Gasteiger partial charge is 0.350 e. The highest BCUT2D eigenvalue weighted by molar-refractivity contribution is 7.12. The van der Waals surface area contributed by atoms with E-state index < -0.39 is 0 Å². The summed E-state index contributed by atoms with van der Waals surface area (Å²) in [5.74, 6) is -0.110. The van der Waals surface area contributed by atoms with E-state index in [1.807, 2.05) is 40.4 Å². The molecule has 3 aromatic rings. The Hall–Kier alpha value is -2.93. The lowest BCUT2D eigenvalue weighted by Gasteiger charge is -2.34. The third kappa shape index (κ3) is 4.74. The van der Waals surface area contributed by atoms with E-state index in [1.54, 1.807) is 17.4 Å². The molecule has 0 saturated carbocycles. The maximum atomic E-state index is 12.8. The van der Waals surface area contributed by atoms with E-state index >= 15 is 0 Å². The lowest BCUT2D eigenvalue weighted by molar-refractivity contribution is -0.126. The molecule has 1 aliphatic rings. The van der Waals surface area contributed by atoms with Crippen LogP contribution in [0.1, 0.15) is 40.1 Å². The monoisotopic (exact) mass is 408 g/mol. The molecular weight excluding hydrogens is 384 g/mol. The number of aromatic nitrogens is 2. The van der Waals surface area contributed by atoms with Crippen molar-refractivity contribution in [2.45, 2.75) is 38.4 Å². The molecule has 3 heterocycles. The van der Waals surface area contributed by atoms with E-state index in [9.17, 15) is 9.59 Å². The minimum absolute atomic E-state index is 0.0382. The Kier molecular flexibility index (Phi) is 6.05. The molecule has 1 atom stereocenters. The number of amides is 2. The normalized spacial score (nSPS) is 16.6. The zero-order chi connectivity index (χ0) is 20.1. The number of carbonyl (C=O) groups excluding carboxylic acids is 2. The van der Waals surface area contributed by atoms with Crippen molar-refractivity contribution in [1.82, 2.24) is 19.8 Å². The summed E-state index contributed by atoms with van der Waals surface area (Å²) in [6.45, 7) is 1.87. The smallest absolute Gasteiger partial charge is 0.264 e. The van der Waals surface area contributed by atoms with Crippen LogP contribution in [0.5, 0.6) is 0 Å². The molecular formula is C22H24N4O2S. The third-order valence-corrected chi connectivity index (χ3v) is 6.07. The summed E-state index contributed by atoms with van der Waals surface area (Å²) in [6, 6.07) is 11.5. The molecule has 4 rings (SSSR count). The second-order valence-electron chi connectivity index (χ2n) is 7.26. The lowest BCUT2D eigenvalue weighted by Crippen LogP contribution is -2.51. The van der Waals surface area contributed by atoms with Crippen molar-refractivity contribution in [1.29, 1.82) is 0 Å². The van der Waals surface area contributed by atoms with Gasteiger partial charge in [0.2, 0.25) is 5.91 Å².